The minimum atomic E-state index is -0.461. The fraction of sp³-hybridized carbons (Fsp3) is 1.00. The minimum Gasteiger partial charge on any atom is -0.390 e. The van der Waals surface area contributed by atoms with E-state index in [9.17, 15) is 5.11 Å². The molecule has 1 rings (SSSR count). The van der Waals surface area contributed by atoms with E-state index in [1.807, 2.05) is 0 Å². The summed E-state index contributed by atoms with van der Waals surface area (Å²) in [5.74, 6) is 0. The van der Waals surface area contributed by atoms with Crippen molar-refractivity contribution in [2.75, 3.05) is 7.11 Å². The van der Waals surface area contributed by atoms with Gasteiger partial charge < -0.3 is 9.84 Å². The van der Waals surface area contributed by atoms with Crippen LogP contribution >= 0.6 is 0 Å². The second-order valence-corrected chi connectivity index (χ2v) is 6.88. The molecule has 1 N–H and O–H groups in total. The fourth-order valence-corrected chi connectivity index (χ4v) is 2.81. The summed E-state index contributed by atoms with van der Waals surface area (Å²) >= 11 is 0. The highest BCUT2D eigenvalue weighted by molar-refractivity contribution is 4.91. The maximum atomic E-state index is 10.6. The quantitative estimate of drug-likeness (QED) is 0.797. The molecule has 0 bridgehead atoms. The molecule has 2 heteroatoms. The number of hydrogen-bond donors (Lipinski definition) is 1. The Labute approximate surface area is 100 Å². The van der Waals surface area contributed by atoms with Crippen LogP contribution in [0, 0.1) is 5.41 Å². The Kier molecular flexibility index (Phi) is 4.07. The molecular formula is C14H28O2. The maximum Gasteiger partial charge on any atom is 0.0654 e. The van der Waals surface area contributed by atoms with Crippen molar-refractivity contribution in [1.29, 1.82) is 0 Å². The Morgan fingerprint density at radius 2 is 1.88 bits per heavy atom. The van der Waals surface area contributed by atoms with Crippen molar-refractivity contribution in [2.24, 2.45) is 5.41 Å². The molecule has 2 nitrogen and oxygen atoms in total. The molecule has 0 aromatic heterocycles. The van der Waals surface area contributed by atoms with Crippen LogP contribution in [0.4, 0.5) is 0 Å². The van der Waals surface area contributed by atoms with E-state index < -0.39 is 5.60 Å². The van der Waals surface area contributed by atoms with Gasteiger partial charge in [0.15, 0.2) is 0 Å². The molecule has 1 saturated carbocycles. The van der Waals surface area contributed by atoms with Gasteiger partial charge in [-0.2, -0.15) is 0 Å². The van der Waals surface area contributed by atoms with Gasteiger partial charge in [0, 0.05) is 7.11 Å². The summed E-state index contributed by atoms with van der Waals surface area (Å²) in [6, 6.07) is 0. The number of hydrogen-bond acceptors (Lipinski definition) is 2. The Morgan fingerprint density at radius 3 is 2.38 bits per heavy atom. The molecule has 0 amide bonds. The summed E-state index contributed by atoms with van der Waals surface area (Å²) in [5, 5.41) is 10.6. The lowest BCUT2D eigenvalue weighted by Crippen LogP contribution is -2.40. The summed E-state index contributed by atoms with van der Waals surface area (Å²) < 4.78 is 5.41. The Hall–Kier alpha value is -0.0800. The molecule has 0 spiro atoms. The standard InChI is InChI=1S/C14H28O2/c1-12(2)7-6-8-14(15,11-12)10-9-13(3,4)16-5/h15H,6-11H2,1-5H3. The van der Waals surface area contributed by atoms with E-state index in [4.69, 9.17) is 4.74 Å². The average Bonchev–Trinajstić information content (AvgIpc) is 2.13. The minimum absolute atomic E-state index is 0.114. The summed E-state index contributed by atoms with van der Waals surface area (Å²) in [5.41, 5.74) is -0.279. The van der Waals surface area contributed by atoms with Crippen molar-refractivity contribution in [2.45, 2.75) is 77.4 Å². The van der Waals surface area contributed by atoms with E-state index in [0.29, 0.717) is 5.41 Å². The first kappa shape index (κ1) is 14.0. The number of methoxy groups -OCH3 is 1. The highest BCUT2D eigenvalue weighted by Gasteiger charge is 2.39. The van der Waals surface area contributed by atoms with Gasteiger partial charge in [0.1, 0.15) is 0 Å². The van der Waals surface area contributed by atoms with Gasteiger partial charge in [0.2, 0.25) is 0 Å². The van der Waals surface area contributed by atoms with Crippen LogP contribution in [0.25, 0.3) is 0 Å². The molecule has 1 aliphatic rings. The molecule has 0 aromatic rings. The molecule has 1 atom stereocenters. The summed E-state index contributed by atoms with van der Waals surface area (Å²) in [6.45, 7) is 8.70. The lowest BCUT2D eigenvalue weighted by Gasteiger charge is -2.42. The third-order valence-electron chi connectivity index (χ3n) is 4.05. The average molecular weight is 228 g/mol. The van der Waals surface area contributed by atoms with Crippen molar-refractivity contribution < 1.29 is 9.84 Å². The molecule has 1 aliphatic carbocycles. The lowest BCUT2D eigenvalue weighted by molar-refractivity contribution is -0.0679. The first-order valence-electron chi connectivity index (χ1n) is 6.46. The first-order valence-corrected chi connectivity index (χ1v) is 6.46. The number of aliphatic hydroxyl groups is 1. The Bertz CT molecular complexity index is 233. The Balaban J connectivity index is 2.52. The Morgan fingerprint density at radius 1 is 1.25 bits per heavy atom. The number of ether oxygens (including phenoxy) is 1. The van der Waals surface area contributed by atoms with E-state index in [-0.39, 0.29) is 5.60 Å². The maximum absolute atomic E-state index is 10.6. The van der Waals surface area contributed by atoms with Gasteiger partial charge in [-0.05, 0) is 51.4 Å². The zero-order valence-electron chi connectivity index (χ0n) is 11.6. The lowest BCUT2D eigenvalue weighted by atomic mass is 9.68. The molecule has 0 radical (unpaired) electrons. The summed E-state index contributed by atoms with van der Waals surface area (Å²) in [7, 11) is 1.74. The highest BCUT2D eigenvalue weighted by atomic mass is 16.5. The predicted octanol–water partition coefficient (Wildman–Crippen LogP) is 3.52. The van der Waals surface area contributed by atoms with Crippen LogP contribution in [-0.2, 0) is 4.74 Å². The normalized spacial score (nSPS) is 30.4. The van der Waals surface area contributed by atoms with Crippen molar-refractivity contribution >= 4 is 0 Å². The van der Waals surface area contributed by atoms with Crippen molar-refractivity contribution in [3.63, 3.8) is 0 Å². The monoisotopic (exact) mass is 228 g/mol. The van der Waals surface area contributed by atoms with E-state index in [1.165, 1.54) is 6.42 Å². The van der Waals surface area contributed by atoms with Gasteiger partial charge in [0.25, 0.3) is 0 Å². The van der Waals surface area contributed by atoms with Crippen LogP contribution in [0.1, 0.15) is 66.2 Å². The van der Waals surface area contributed by atoms with Crippen LogP contribution in [0.5, 0.6) is 0 Å². The molecule has 1 unspecified atom stereocenters. The molecule has 96 valence electrons. The van der Waals surface area contributed by atoms with Crippen LogP contribution in [0.2, 0.25) is 0 Å². The van der Waals surface area contributed by atoms with Gasteiger partial charge in [-0.15, -0.1) is 0 Å². The summed E-state index contributed by atoms with van der Waals surface area (Å²) in [6.07, 6.45) is 6.06. The van der Waals surface area contributed by atoms with Gasteiger partial charge in [-0.3, -0.25) is 0 Å². The largest absolute Gasteiger partial charge is 0.390 e. The molecule has 0 aliphatic heterocycles. The zero-order valence-corrected chi connectivity index (χ0v) is 11.6. The topological polar surface area (TPSA) is 29.5 Å². The SMILES string of the molecule is COC(C)(C)CCC1(O)CCCC(C)(C)C1. The van der Waals surface area contributed by atoms with Gasteiger partial charge >= 0.3 is 0 Å². The highest BCUT2D eigenvalue weighted by Crippen LogP contribution is 2.43. The number of rotatable bonds is 4. The molecule has 0 heterocycles. The molecule has 0 saturated heterocycles. The van der Waals surface area contributed by atoms with E-state index in [0.717, 1.165) is 32.1 Å². The second kappa shape index (κ2) is 4.66. The van der Waals surface area contributed by atoms with Crippen LogP contribution in [0.15, 0.2) is 0 Å². The van der Waals surface area contributed by atoms with Crippen LogP contribution in [-0.4, -0.2) is 23.4 Å². The zero-order chi connectivity index (χ0) is 12.4. The smallest absolute Gasteiger partial charge is 0.0654 e. The third kappa shape index (κ3) is 4.06. The molecule has 16 heavy (non-hydrogen) atoms. The van der Waals surface area contributed by atoms with Crippen LogP contribution in [0.3, 0.4) is 0 Å². The first-order chi connectivity index (χ1) is 7.18. The fourth-order valence-electron chi connectivity index (χ4n) is 2.81. The van der Waals surface area contributed by atoms with Crippen molar-refractivity contribution in [1.82, 2.24) is 0 Å². The molecule has 1 fully saturated rings. The van der Waals surface area contributed by atoms with Gasteiger partial charge in [-0.1, -0.05) is 20.3 Å². The summed E-state index contributed by atoms with van der Waals surface area (Å²) in [4.78, 5) is 0. The second-order valence-electron chi connectivity index (χ2n) is 6.88. The third-order valence-corrected chi connectivity index (χ3v) is 4.05. The van der Waals surface area contributed by atoms with Crippen molar-refractivity contribution in [3.8, 4) is 0 Å². The van der Waals surface area contributed by atoms with Crippen molar-refractivity contribution in [3.05, 3.63) is 0 Å². The van der Waals surface area contributed by atoms with E-state index in [2.05, 4.69) is 27.7 Å². The van der Waals surface area contributed by atoms with E-state index in [1.54, 1.807) is 7.11 Å². The molecular weight excluding hydrogens is 200 g/mol. The van der Waals surface area contributed by atoms with Gasteiger partial charge in [0.05, 0.1) is 11.2 Å². The molecule has 0 aromatic carbocycles. The van der Waals surface area contributed by atoms with Crippen LogP contribution < -0.4 is 0 Å². The predicted molar refractivity (Wildman–Crippen MR) is 67.5 cm³/mol. The van der Waals surface area contributed by atoms with E-state index >= 15 is 0 Å². The van der Waals surface area contributed by atoms with Gasteiger partial charge in [-0.25, -0.2) is 0 Å².